The maximum Gasteiger partial charge on any atom is 0.205 e. The van der Waals surface area contributed by atoms with Crippen LogP contribution in [0.4, 0.5) is 0 Å². The van der Waals surface area contributed by atoms with Gasteiger partial charge in [-0.25, -0.2) is 4.98 Å². The van der Waals surface area contributed by atoms with Crippen LogP contribution in [0.2, 0.25) is 0 Å². The fourth-order valence-corrected chi connectivity index (χ4v) is 2.28. The van der Waals surface area contributed by atoms with Gasteiger partial charge < -0.3 is 0 Å². The van der Waals surface area contributed by atoms with Crippen molar-refractivity contribution in [2.45, 2.75) is 0 Å². The summed E-state index contributed by atoms with van der Waals surface area (Å²) in [4.78, 5) is 4.64. The quantitative estimate of drug-likeness (QED) is 0.563. The molecule has 0 saturated carbocycles. The first-order valence-electron chi connectivity index (χ1n) is 6.62. The summed E-state index contributed by atoms with van der Waals surface area (Å²) in [5.41, 5.74) is 2.59. The van der Waals surface area contributed by atoms with E-state index in [-0.39, 0.29) is 0 Å². The minimum Gasteiger partial charge on any atom is -0.244 e. The summed E-state index contributed by atoms with van der Waals surface area (Å²) < 4.78 is 1.69. The molecule has 4 aromatic rings. The van der Waals surface area contributed by atoms with Gasteiger partial charge in [0.25, 0.3) is 0 Å². The van der Waals surface area contributed by atoms with E-state index in [2.05, 4.69) is 20.5 Å². The van der Waals surface area contributed by atoms with E-state index in [4.69, 9.17) is 0 Å². The Hall–Kier alpha value is -3.08. The third-order valence-corrected chi connectivity index (χ3v) is 3.30. The molecule has 2 aromatic carbocycles. The largest absolute Gasteiger partial charge is 0.244 e. The standard InChI is InChI=1S/C16H11N5/c1-2-7-13(8-3-1)21-16(18-19-20-21)15-11-10-12-6-4-5-9-14(12)17-15/h1-11H. The molecule has 5 nitrogen and oxygen atoms in total. The number of pyridine rings is 1. The van der Waals surface area contributed by atoms with E-state index in [1.165, 1.54) is 0 Å². The van der Waals surface area contributed by atoms with Crippen molar-refractivity contribution in [3.8, 4) is 17.2 Å². The van der Waals surface area contributed by atoms with Crippen LogP contribution in [0.3, 0.4) is 0 Å². The van der Waals surface area contributed by atoms with Gasteiger partial charge in [0.05, 0.1) is 11.2 Å². The maximum absolute atomic E-state index is 4.64. The molecular formula is C16H11N5. The van der Waals surface area contributed by atoms with Gasteiger partial charge in [-0.3, -0.25) is 0 Å². The number of benzene rings is 2. The first-order valence-corrected chi connectivity index (χ1v) is 6.62. The molecule has 0 aliphatic carbocycles. The number of nitrogens with zero attached hydrogens (tertiary/aromatic N) is 5. The lowest BCUT2D eigenvalue weighted by molar-refractivity contribution is 0.790. The molecule has 5 heteroatoms. The highest BCUT2D eigenvalue weighted by atomic mass is 15.5. The second-order valence-corrected chi connectivity index (χ2v) is 4.64. The van der Waals surface area contributed by atoms with Crippen molar-refractivity contribution in [1.29, 1.82) is 0 Å². The number of para-hydroxylation sites is 2. The number of hydrogen-bond acceptors (Lipinski definition) is 4. The zero-order chi connectivity index (χ0) is 14.1. The predicted octanol–water partition coefficient (Wildman–Crippen LogP) is 2.88. The van der Waals surface area contributed by atoms with Crippen molar-refractivity contribution < 1.29 is 0 Å². The third-order valence-electron chi connectivity index (χ3n) is 3.30. The summed E-state index contributed by atoms with van der Waals surface area (Å²) in [7, 11) is 0. The second kappa shape index (κ2) is 4.79. The molecule has 0 saturated heterocycles. The molecule has 0 atom stereocenters. The van der Waals surface area contributed by atoms with Crippen LogP contribution < -0.4 is 0 Å². The number of tetrazole rings is 1. The lowest BCUT2D eigenvalue weighted by atomic mass is 10.2. The Kier molecular flexibility index (Phi) is 2.67. The van der Waals surface area contributed by atoms with E-state index < -0.39 is 0 Å². The minimum absolute atomic E-state index is 0.631. The van der Waals surface area contributed by atoms with Crippen LogP contribution in [0, 0.1) is 0 Å². The van der Waals surface area contributed by atoms with E-state index in [0.717, 1.165) is 22.3 Å². The van der Waals surface area contributed by atoms with Crippen molar-refractivity contribution in [3.63, 3.8) is 0 Å². The Morgan fingerprint density at radius 3 is 2.48 bits per heavy atom. The highest BCUT2D eigenvalue weighted by molar-refractivity contribution is 5.80. The molecule has 0 amide bonds. The molecule has 0 spiro atoms. The number of rotatable bonds is 2. The highest BCUT2D eigenvalue weighted by Gasteiger charge is 2.12. The molecule has 2 aromatic heterocycles. The van der Waals surface area contributed by atoms with Gasteiger partial charge in [0, 0.05) is 5.39 Å². The molecule has 100 valence electrons. The van der Waals surface area contributed by atoms with Crippen LogP contribution in [0.1, 0.15) is 0 Å². The lowest BCUT2D eigenvalue weighted by Gasteiger charge is -2.04. The van der Waals surface area contributed by atoms with E-state index in [9.17, 15) is 0 Å². The number of fused-ring (bicyclic) bond motifs is 1. The van der Waals surface area contributed by atoms with Crippen LogP contribution in [0.5, 0.6) is 0 Å². The minimum atomic E-state index is 0.631. The SMILES string of the molecule is c1ccc(-n2nnnc2-c2ccc3ccccc3n2)cc1. The van der Waals surface area contributed by atoms with Crippen LogP contribution >= 0.6 is 0 Å². The zero-order valence-electron chi connectivity index (χ0n) is 11.1. The first kappa shape index (κ1) is 11.7. The van der Waals surface area contributed by atoms with E-state index >= 15 is 0 Å². The predicted molar refractivity (Wildman–Crippen MR) is 79.9 cm³/mol. The number of hydrogen-bond donors (Lipinski definition) is 0. The summed E-state index contributed by atoms with van der Waals surface area (Å²) in [6.07, 6.45) is 0. The number of aromatic nitrogens is 5. The Morgan fingerprint density at radius 1 is 0.762 bits per heavy atom. The average Bonchev–Trinajstić information content (AvgIpc) is 3.05. The molecule has 4 rings (SSSR count). The Bertz CT molecular complexity index is 899. The Labute approximate surface area is 120 Å². The monoisotopic (exact) mass is 273 g/mol. The van der Waals surface area contributed by atoms with Crippen LogP contribution in [0.15, 0.2) is 66.7 Å². The summed E-state index contributed by atoms with van der Waals surface area (Å²) in [6, 6.07) is 21.7. The van der Waals surface area contributed by atoms with Crippen molar-refractivity contribution in [3.05, 3.63) is 66.7 Å². The van der Waals surface area contributed by atoms with E-state index in [1.54, 1.807) is 4.68 Å². The third kappa shape index (κ3) is 2.04. The topological polar surface area (TPSA) is 56.5 Å². The summed E-state index contributed by atoms with van der Waals surface area (Å²) in [5.74, 6) is 0.631. The summed E-state index contributed by atoms with van der Waals surface area (Å²) in [5, 5.41) is 13.0. The van der Waals surface area contributed by atoms with Crippen molar-refractivity contribution >= 4 is 10.9 Å². The van der Waals surface area contributed by atoms with Gasteiger partial charge in [-0.15, -0.1) is 5.10 Å². The van der Waals surface area contributed by atoms with Crippen LogP contribution in [0.25, 0.3) is 28.1 Å². The molecule has 0 fully saturated rings. The first-order chi connectivity index (χ1) is 10.4. The summed E-state index contributed by atoms with van der Waals surface area (Å²) in [6.45, 7) is 0. The van der Waals surface area contributed by atoms with Gasteiger partial charge in [-0.1, -0.05) is 42.5 Å². The molecule has 0 radical (unpaired) electrons. The summed E-state index contributed by atoms with van der Waals surface area (Å²) >= 11 is 0. The maximum atomic E-state index is 4.64. The molecule has 0 aliphatic rings. The molecule has 21 heavy (non-hydrogen) atoms. The van der Waals surface area contributed by atoms with Gasteiger partial charge >= 0.3 is 0 Å². The molecule has 0 aliphatic heterocycles. The van der Waals surface area contributed by atoms with Crippen LogP contribution in [-0.2, 0) is 0 Å². The van der Waals surface area contributed by atoms with E-state index in [0.29, 0.717) is 5.82 Å². The van der Waals surface area contributed by atoms with Gasteiger partial charge in [-0.2, -0.15) is 4.68 Å². The Balaban J connectivity index is 1.88. The van der Waals surface area contributed by atoms with Crippen LogP contribution in [-0.4, -0.2) is 25.2 Å². The van der Waals surface area contributed by atoms with Crippen molar-refractivity contribution in [1.82, 2.24) is 25.2 Å². The zero-order valence-corrected chi connectivity index (χ0v) is 11.1. The highest BCUT2D eigenvalue weighted by Crippen LogP contribution is 2.20. The fourth-order valence-electron chi connectivity index (χ4n) is 2.28. The molecule has 2 heterocycles. The molecule has 0 bridgehead atoms. The van der Waals surface area contributed by atoms with Gasteiger partial charge in [0.2, 0.25) is 5.82 Å². The van der Waals surface area contributed by atoms with Crippen molar-refractivity contribution in [2.75, 3.05) is 0 Å². The normalized spacial score (nSPS) is 10.9. The average molecular weight is 273 g/mol. The second-order valence-electron chi connectivity index (χ2n) is 4.64. The lowest BCUT2D eigenvalue weighted by Crippen LogP contribution is -2.00. The van der Waals surface area contributed by atoms with E-state index in [1.807, 2.05) is 66.7 Å². The molecular weight excluding hydrogens is 262 g/mol. The Morgan fingerprint density at radius 2 is 1.57 bits per heavy atom. The fraction of sp³-hybridized carbons (Fsp3) is 0. The molecule has 0 unspecified atom stereocenters. The van der Waals surface area contributed by atoms with Gasteiger partial charge in [0.15, 0.2) is 0 Å². The van der Waals surface area contributed by atoms with Gasteiger partial charge in [-0.05, 0) is 34.7 Å². The molecule has 0 N–H and O–H groups in total. The van der Waals surface area contributed by atoms with Crippen molar-refractivity contribution in [2.24, 2.45) is 0 Å². The smallest absolute Gasteiger partial charge is 0.205 e. The van der Waals surface area contributed by atoms with Gasteiger partial charge in [0.1, 0.15) is 5.69 Å².